The first-order valence-corrected chi connectivity index (χ1v) is 6.71. The summed E-state index contributed by atoms with van der Waals surface area (Å²) in [7, 11) is 3.19. The first-order valence-electron chi connectivity index (χ1n) is 6.71. The molecule has 0 aliphatic carbocycles. The lowest BCUT2D eigenvalue weighted by Crippen LogP contribution is -2.61. The zero-order chi connectivity index (χ0) is 16.4. The monoisotopic (exact) mass is 301 g/mol. The van der Waals surface area contributed by atoms with Crippen LogP contribution in [0.25, 0.3) is 0 Å². The number of hydrogen-bond donors (Lipinski definition) is 1. The lowest BCUT2D eigenvalue weighted by Gasteiger charge is -2.40. The highest BCUT2D eigenvalue weighted by atomic mass is 16.6. The van der Waals surface area contributed by atoms with Gasteiger partial charge in [0.25, 0.3) is 0 Å². The number of carbonyl (C=O) groups excluding carboxylic acids is 2. The summed E-state index contributed by atoms with van der Waals surface area (Å²) in [6.07, 6.45) is -0.674. The molecule has 1 unspecified atom stereocenters. The minimum Gasteiger partial charge on any atom is -0.480 e. The predicted octanol–water partition coefficient (Wildman–Crippen LogP) is 0.674. The molecule has 3 amide bonds. The van der Waals surface area contributed by atoms with Gasteiger partial charge in [-0.05, 0) is 20.8 Å². The fourth-order valence-electron chi connectivity index (χ4n) is 1.99. The van der Waals surface area contributed by atoms with E-state index in [-0.39, 0.29) is 25.7 Å². The quantitative estimate of drug-likeness (QED) is 0.769. The number of rotatable bonds is 1. The van der Waals surface area contributed by atoms with Crippen molar-refractivity contribution in [2.45, 2.75) is 32.4 Å². The van der Waals surface area contributed by atoms with Crippen molar-refractivity contribution in [3.63, 3.8) is 0 Å². The van der Waals surface area contributed by atoms with Gasteiger partial charge in [0.2, 0.25) is 0 Å². The Morgan fingerprint density at radius 1 is 1.19 bits per heavy atom. The molecule has 120 valence electrons. The third-order valence-electron chi connectivity index (χ3n) is 2.95. The number of hydrogen-bond acceptors (Lipinski definition) is 4. The topological polar surface area (TPSA) is 90.4 Å². The van der Waals surface area contributed by atoms with Crippen molar-refractivity contribution in [3.8, 4) is 0 Å². The van der Waals surface area contributed by atoms with Gasteiger partial charge in [-0.15, -0.1) is 0 Å². The number of amides is 3. The summed E-state index contributed by atoms with van der Waals surface area (Å²) in [5.41, 5.74) is -0.698. The number of carboxylic acid groups (broad SMARTS) is 1. The molecule has 8 heteroatoms. The number of piperazine rings is 1. The fourth-order valence-corrected chi connectivity index (χ4v) is 1.99. The van der Waals surface area contributed by atoms with E-state index in [0.717, 1.165) is 4.90 Å². The predicted molar refractivity (Wildman–Crippen MR) is 75.0 cm³/mol. The lowest BCUT2D eigenvalue weighted by atomic mass is 10.1. The third-order valence-corrected chi connectivity index (χ3v) is 2.95. The minimum atomic E-state index is -1.16. The van der Waals surface area contributed by atoms with Gasteiger partial charge in [0.1, 0.15) is 5.60 Å². The summed E-state index contributed by atoms with van der Waals surface area (Å²) in [6.45, 7) is 5.50. The molecule has 1 aliphatic rings. The molecular weight excluding hydrogens is 278 g/mol. The molecule has 8 nitrogen and oxygen atoms in total. The normalized spacial score (nSPS) is 19.2. The number of nitrogens with zero attached hydrogens (tertiary/aromatic N) is 3. The van der Waals surface area contributed by atoms with Crippen LogP contribution in [0.5, 0.6) is 0 Å². The number of aliphatic carboxylic acids is 1. The molecular formula is C13H23N3O5. The van der Waals surface area contributed by atoms with E-state index in [1.165, 1.54) is 9.80 Å². The van der Waals surface area contributed by atoms with Crippen LogP contribution in [-0.4, -0.2) is 83.3 Å². The van der Waals surface area contributed by atoms with Crippen LogP contribution < -0.4 is 0 Å². The van der Waals surface area contributed by atoms with Gasteiger partial charge < -0.3 is 19.6 Å². The van der Waals surface area contributed by atoms with Crippen LogP contribution in [0.4, 0.5) is 9.59 Å². The molecule has 1 heterocycles. The van der Waals surface area contributed by atoms with Crippen molar-refractivity contribution >= 4 is 18.1 Å². The molecule has 1 fully saturated rings. The van der Waals surface area contributed by atoms with Crippen LogP contribution in [0.1, 0.15) is 20.8 Å². The van der Waals surface area contributed by atoms with Crippen molar-refractivity contribution < 1.29 is 24.2 Å². The Labute approximate surface area is 124 Å². The van der Waals surface area contributed by atoms with Gasteiger partial charge >= 0.3 is 18.1 Å². The van der Waals surface area contributed by atoms with Crippen molar-refractivity contribution in [1.29, 1.82) is 0 Å². The Bertz CT molecular complexity index is 430. The fraction of sp³-hybridized carbons (Fsp3) is 0.769. The summed E-state index contributed by atoms with van der Waals surface area (Å²) >= 11 is 0. The van der Waals surface area contributed by atoms with Crippen LogP contribution in [0.3, 0.4) is 0 Å². The Balaban J connectivity index is 2.83. The van der Waals surface area contributed by atoms with E-state index in [0.29, 0.717) is 0 Å². The van der Waals surface area contributed by atoms with Crippen LogP contribution >= 0.6 is 0 Å². The minimum absolute atomic E-state index is 0.0500. The molecule has 0 bridgehead atoms. The maximum atomic E-state index is 12.1. The number of ether oxygens (including phenoxy) is 1. The average molecular weight is 301 g/mol. The van der Waals surface area contributed by atoms with Gasteiger partial charge in [-0.2, -0.15) is 0 Å². The smallest absolute Gasteiger partial charge is 0.411 e. The molecule has 1 aliphatic heterocycles. The summed E-state index contributed by atoms with van der Waals surface area (Å²) in [5.74, 6) is -1.16. The Morgan fingerprint density at radius 3 is 2.19 bits per heavy atom. The van der Waals surface area contributed by atoms with Gasteiger partial charge in [-0.3, -0.25) is 4.90 Å². The van der Waals surface area contributed by atoms with Crippen molar-refractivity contribution in [1.82, 2.24) is 14.7 Å². The number of carboxylic acids is 1. The lowest BCUT2D eigenvalue weighted by molar-refractivity contribution is -0.145. The second kappa shape index (κ2) is 6.19. The Morgan fingerprint density at radius 2 is 1.76 bits per heavy atom. The molecule has 1 N–H and O–H groups in total. The van der Waals surface area contributed by atoms with Gasteiger partial charge in [0.05, 0.1) is 6.54 Å². The summed E-state index contributed by atoms with van der Waals surface area (Å²) in [6, 6.07) is -1.37. The zero-order valence-corrected chi connectivity index (χ0v) is 13.1. The highest BCUT2D eigenvalue weighted by Crippen LogP contribution is 2.16. The van der Waals surface area contributed by atoms with Crippen molar-refractivity contribution in [3.05, 3.63) is 0 Å². The van der Waals surface area contributed by atoms with E-state index >= 15 is 0 Å². The van der Waals surface area contributed by atoms with Gasteiger partial charge in [0, 0.05) is 27.2 Å². The molecule has 0 saturated carbocycles. The van der Waals surface area contributed by atoms with Crippen molar-refractivity contribution in [2.75, 3.05) is 33.7 Å². The van der Waals surface area contributed by atoms with Gasteiger partial charge in [0.15, 0.2) is 6.04 Å². The standard InChI is InChI=1S/C13H23N3O5/c1-13(2,3)21-12(20)16-7-6-15(11(19)14(4)5)8-9(16)10(17)18/h9H,6-8H2,1-5H3,(H,17,18). The highest BCUT2D eigenvalue weighted by Gasteiger charge is 2.39. The maximum absolute atomic E-state index is 12.1. The molecule has 0 spiro atoms. The largest absolute Gasteiger partial charge is 0.480 e. The number of urea groups is 1. The molecule has 1 atom stereocenters. The second-order valence-electron chi connectivity index (χ2n) is 6.15. The zero-order valence-electron chi connectivity index (χ0n) is 13.1. The average Bonchev–Trinajstić information content (AvgIpc) is 2.34. The molecule has 0 aromatic carbocycles. The SMILES string of the molecule is CN(C)C(=O)N1CCN(C(=O)OC(C)(C)C)C(C(=O)O)C1. The summed E-state index contributed by atoms with van der Waals surface area (Å²) < 4.78 is 5.21. The molecule has 1 rings (SSSR count). The van der Waals surface area contributed by atoms with E-state index in [1.54, 1.807) is 34.9 Å². The molecule has 0 aromatic rings. The third kappa shape index (κ3) is 4.51. The summed E-state index contributed by atoms with van der Waals surface area (Å²) in [5, 5.41) is 9.29. The van der Waals surface area contributed by atoms with Crippen molar-refractivity contribution in [2.24, 2.45) is 0 Å². The van der Waals surface area contributed by atoms with Gasteiger partial charge in [-0.25, -0.2) is 14.4 Å². The first-order chi connectivity index (χ1) is 9.53. The van der Waals surface area contributed by atoms with E-state index < -0.39 is 23.7 Å². The molecule has 0 radical (unpaired) electrons. The van der Waals surface area contributed by atoms with Crippen LogP contribution in [0.15, 0.2) is 0 Å². The highest BCUT2D eigenvalue weighted by molar-refractivity contribution is 5.82. The molecule has 0 aromatic heterocycles. The Kier molecular flexibility index (Phi) is 5.03. The Hall–Kier alpha value is -1.99. The second-order valence-corrected chi connectivity index (χ2v) is 6.15. The first kappa shape index (κ1) is 17.1. The van der Waals surface area contributed by atoms with Crippen LogP contribution in [-0.2, 0) is 9.53 Å². The maximum Gasteiger partial charge on any atom is 0.411 e. The molecule has 21 heavy (non-hydrogen) atoms. The van der Waals surface area contributed by atoms with E-state index in [1.807, 2.05) is 0 Å². The van der Waals surface area contributed by atoms with Gasteiger partial charge in [-0.1, -0.05) is 0 Å². The van der Waals surface area contributed by atoms with E-state index in [4.69, 9.17) is 4.74 Å². The van der Waals surface area contributed by atoms with Crippen LogP contribution in [0, 0.1) is 0 Å². The number of carbonyl (C=O) groups is 3. The molecule has 1 saturated heterocycles. The summed E-state index contributed by atoms with van der Waals surface area (Å²) in [4.78, 5) is 39.3. The van der Waals surface area contributed by atoms with E-state index in [9.17, 15) is 19.5 Å². The van der Waals surface area contributed by atoms with Crippen LogP contribution in [0.2, 0.25) is 0 Å². The van der Waals surface area contributed by atoms with E-state index in [2.05, 4.69) is 0 Å².